The van der Waals surface area contributed by atoms with Gasteiger partial charge in [0.2, 0.25) is 18.0 Å². The Morgan fingerprint density at radius 3 is 2.39 bits per heavy atom. The number of aliphatic hydroxyl groups excluding tert-OH is 5. The van der Waals surface area contributed by atoms with Gasteiger partial charge in [0, 0.05) is 55.0 Å². The third-order valence-electron chi connectivity index (χ3n) is 14.1. The number of ether oxygens (including phenoxy) is 7. The highest BCUT2D eigenvalue weighted by Crippen LogP contribution is 2.52. The van der Waals surface area contributed by atoms with Crippen molar-refractivity contribution in [2.45, 2.75) is 125 Å². The van der Waals surface area contributed by atoms with Crippen LogP contribution in [0.1, 0.15) is 93.7 Å². The van der Waals surface area contributed by atoms with Gasteiger partial charge in [-0.1, -0.05) is 18.2 Å². The third-order valence-corrected chi connectivity index (χ3v) is 14.1. The maximum Gasteiger partial charge on any atom is 0.412 e. The fraction of sp³-hybridized carbons (Fsp3) is 0.520. The van der Waals surface area contributed by atoms with Crippen LogP contribution in [0.25, 0.3) is 0 Å². The Hall–Kier alpha value is -6.40. The van der Waals surface area contributed by atoms with Gasteiger partial charge in [-0.3, -0.25) is 24.1 Å². The maximum atomic E-state index is 14.1. The van der Waals surface area contributed by atoms with Gasteiger partial charge >= 0.3 is 12.1 Å². The minimum absolute atomic E-state index is 0.00388. The van der Waals surface area contributed by atoms with Crippen LogP contribution in [0.3, 0.4) is 0 Å². The van der Waals surface area contributed by atoms with Crippen LogP contribution < -0.4 is 25.8 Å². The van der Waals surface area contributed by atoms with Crippen LogP contribution in [0.15, 0.2) is 36.4 Å². The number of hydrogen-bond donors (Lipinski definition) is 12. The molecule has 0 spiro atoms. The number of aliphatic carboxylic acids is 1. The monoisotopic (exact) mass is 1070 g/mol. The summed E-state index contributed by atoms with van der Waals surface area (Å²) in [6.45, 7) is 0.814. The average Bonchev–Trinajstić information content (AvgIpc) is 3.94. The molecule has 26 heteroatoms. The first kappa shape index (κ1) is 55.8. The average molecular weight is 1070 g/mol. The molecule has 26 nitrogen and oxygen atoms in total. The molecular formula is C50H60N4O22. The number of Topliss-reactive ketones (excluding diaryl/α,β-unsaturated/α-hetero) is 1. The molecular weight excluding hydrogens is 1010 g/mol. The number of benzene rings is 3. The van der Waals surface area contributed by atoms with E-state index in [9.17, 15) is 74.7 Å². The van der Waals surface area contributed by atoms with Crippen molar-refractivity contribution in [3.05, 3.63) is 75.3 Å². The first-order valence-corrected chi connectivity index (χ1v) is 24.4. The number of aliphatic hydroxyl groups is 6. The van der Waals surface area contributed by atoms with Crippen molar-refractivity contribution in [3.63, 3.8) is 0 Å². The Balaban J connectivity index is 0.901. The Morgan fingerprint density at radius 1 is 0.934 bits per heavy atom. The predicted octanol–water partition coefficient (Wildman–Crippen LogP) is -1.03. The number of ketones is 3. The molecule has 412 valence electrons. The number of carboxylic acids is 1. The van der Waals surface area contributed by atoms with Crippen molar-refractivity contribution in [3.8, 4) is 23.0 Å². The molecule has 7 unspecified atom stereocenters. The molecule has 3 heterocycles. The molecule has 3 aliphatic heterocycles. The Morgan fingerprint density at radius 2 is 1.68 bits per heavy atom. The van der Waals surface area contributed by atoms with Gasteiger partial charge in [0.25, 0.3) is 0 Å². The highest BCUT2D eigenvalue weighted by molar-refractivity contribution is 6.31. The number of phenolic OH excluding ortho intramolecular Hbond substituents is 2. The Labute approximate surface area is 432 Å². The van der Waals surface area contributed by atoms with Gasteiger partial charge in [-0.25, -0.2) is 9.59 Å². The van der Waals surface area contributed by atoms with E-state index in [0.717, 1.165) is 0 Å². The van der Waals surface area contributed by atoms with E-state index in [2.05, 4.69) is 10.6 Å². The third kappa shape index (κ3) is 10.9. The van der Waals surface area contributed by atoms with Crippen LogP contribution in [0.5, 0.6) is 23.0 Å². The summed E-state index contributed by atoms with van der Waals surface area (Å²) < 4.78 is 40.1. The minimum Gasteiger partial charge on any atom is -0.507 e. The van der Waals surface area contributed by atoms with E-state index >= 15 is 0 Å². The highest BCUT2D eigenvalue weighted by atomic mass is 16.7. The number of carbonyl (C=O) groups excluding carboxylic acids is 5. The zero-order valence-electron chi connectivity index (χ0n) is 41.2. The number of phenols is 2. The van der Waals surface area contributed by atoms with E-state index in [1.54, 1.807) is 6.92 Å². The van der Waals surface area contributed by atoms with Gasteiger partial charge in [0.1, 0.15) is 66.4 Å². The Kier molecular flexibility index (Phi) is 16.9. The summed E-state index contributed by atoms with van der Waals surface area (Å²) in [5.41, 5.74) is 1.75. The molecule has 2 amide bonds. The summed E-state index contributed by atoms with van der Waals surface area (Å²) >= 11 is 0. The van der Waals surface area contributed by atoms with Crippen molar-refractivity contribution in [2.75, 3.05) is 45.3 Å². The lowest BCUT2D eigenvalue weighted by Crippen LogP contribution is -2.61. The molecule has 12 atom stereocenters. The molecule has 3 saturated heterocycles. The summed E-state index contributed by atoms with van der Waals surface area (Å²) in [7, 11) is 1.30. The number of carboxylic acid groups (broad SMARTS) is 1. The molecule has 3 aromatic rings. The lowest BCUT2D eigenvalue weighted by Gasteiger charge is -2.43. The van der Waals surface area contributed by atoms with Gasteiger partial charge in [-0.2, -0.15) is 0 Å². The maximum absolute atomic E-state index is 14.1. The van der Waals surface area contributed by atoms with Crippen LogP contribution in [0, 0.1) is 0 Å². The van der Waals surface area contributed by atoms with E-state index in [0.29, 0.717) is 18.4 Å². The van der Waals surface area contributed by atoms with Crippen LogP contribution in [0.4, 0.5) is 10.5 Å². The SMILES string of the molecule is COc1cccc2c1C(=O)c1c(O)c3c(c(O)c1C2=O)C[C@@](O)(C(=O)CO)CC3OC1CC(NCCCC2OCCN2C(=O)OCc2ccc(OC3O[C@H](C(=O)O)[C@@H](O)[C@H](O)[C@H]3O)c(NC(=O)CCN)c2)C(O)C(C)O1. The molecule has 5 aliphatic rings. The molecule has 2 aliphatic carbocycles. The highest BCUT2D eigenvalue weighted by Gasteiger charge is 2.51. The number of anilines is 1. The molecule has 0 bridgehead atoms. The smallest absolute Gasteiger partial charge is 0.412 e. The molecule has 0 radical (unpaired) electrons. The topological polar surface area (TPSA) is 402 Å². The second-order valence-corrected chi connectivity index (χ2v) is 19.0. The van der Waals surface area contributed by atoms with Crippen LogP contribution in [0.2, 0.25) is 0 Å². The van der Waals surface area contributed by atoms with E-state index in [4.69, 9.17) is 38.9 Å². The van der Waals surface area contributed by atoms with Crippen LogP contribution in [-0.4, -0.2) is 193 Å². The zero-order chi connectivity index (χ0) is 54.9. The van der Waals surface area contributed by atoms with Crippen LogP contribution >= 0.6 is 0 Å². The number of nitrogens with one attached hydrogen (secondary N) is 2. The number of methoxy groups -OCH3 is 1. The number of rotatable bonds is 18. The Bertz CT molecular complexity index is 2740. The van der Waals surface area contributed by atoms with Crippen LogP contribution in [-0.2, 0) is 51.1 Å². The fourth-order valence-electron chi connectivity index (χ4n) is 10.2. The largest absolute Gasteiger partial charge is 0.507 e. The van der Waals surface area contributed by atoms with Gasteiger partial charge in [-0.05, 0) is 50.1 Å². The molecule has 0 saturated carbocycles. The lowest BCUT2D eigenvalue weighted by molar-refractivity contribution is -0.271. The number of aromatic hydroxyl groups is 2. The van der Waals surface area contributed by atoms with Crippen molar-refractivity contribution >= 4 is 41.0 Å². The normalized spacial score (nSPS) is 29.0. The molecule has 8 rings (SSSR count). The quantitative estimate of drug-likeness (QED) is 0.0418. The molecule has 13 N–H and O–H groups in total. The van der Waals surface area contributed by atoms with Gasteiger partial charge in [0.15, 0.2) is 24.0 Å². The van der Waals surface area contributed by atoms with Crippen molar-refractivity contribution in [1.82, 2.24) is 10.2 Å². The number of carbonyl (C=O) groups is 6. The van der Waals surface area contributed by atoms with E-state index in [-0.39, 0.29) is 85.1 Å². The molecule has 3 aromatic carbocycles. The summed E-state index contributed by atoms with van der Waals surface area (Å²) in [5, 5.41) is 102. The zero-order valence-corrected chi connectivity index (χ0v) is 41.2. The standard InChI is InChI=1S/C50H60N4O22/c1-21-38(58)26(16-33(73-21)74-29-18-50(69,30(56)19-55)17-24-35(29)42(62)37-36(40(24)60)39(59)23-5-3-6-28(70-2)34(23)41(37)61)52-12-4-7-32-54(13-14-71-32)49(68)72-20-22-8-9-27(25(15-22)53-31(57)10-11-51)75-48-45(65)43(63)44(64)46(76-48)47(66)67/h3,5-6,8-9,15,21,26,29,32-33,38,43-46,48,52,55,58,60,62-65,69H,4,7,10-14,16-20,51H2,1-2H3,(H,53,57)(H,66,67)/t21?,26?,29?,32?,33?,38?,43-,44-,45+,46-,48?,50-/m0/s1. The number of hydrogen-bond acceptors (Lipinski definition) is 23. The van der Waals surface area contributed by atoms with Gasteiger partial charge < -0.3 is 95.5 Å². The summed E-state index contributed by atoms with van der Waals surface area (Å²) in [6, 6.07) is 7.76. The molecule has 0 aromatic heterocycles. The molecule has 76 heavy (non-hydrogen) atoms. The van der Waals surface area contributed by atoms with Crippen molar-refractivity contribution in [2.24, 2.45) is 5.73 Å². The first-order chi connectivity index (χ1) is 36.2. The minimum atomic E-state index is -2.37. The summed E-state index contributed by atoms with van der Waals surface area (Å²) in [5.74, 6) is -6.45. The lowest BCUT2D eigenvalue weighted by atomic mass is 9.72. The second-order valence-electron chi connectivity index (χ2n) is 19.0. The van der Waals surface area contributed by atoms with E-state index < -0.39 is 151 Å². The number of fused-ring (bicyclic) bond motifs is 3. The number of nitrogens with zero attached hydrogens (tertiary/aromatic N) is 1. The van der Waals surface area contributed by atoms with E-state index in [1.165, 1.54) is 48.4 Å². The molecule has 3 fully saturated rings. The van der Waals surface area contributed by atoms with Crippen molar-refractivity contribution < 1.29 is 108 Å². The first-order valence-electron chi connectivity index (χ1n) is 24.4. The van der Waals surface area contributed by atoms with Crippen molar-refractivity contribution in [1.29, 1.82) is 0 Å². The van der Waals surface area contributed by atoms with Gasteiger partial charge in [-0.15, -0.1) is 0 Å². The van der Waals surface area contributed by atoms with Gasteiger partial charge in [0.05, 0.1) is 61.0 Å². The summed E-state index contributed by atoms with van der Waals surface area (Å²) in [4.78, 5) is 80.0. The number of nitrogens with two attached hydrogens (primary N) is 1. The number of amides is 2. The second kappa shape index (κ2) is 23.1. The fourth-order valence-corrected chi connectivity index (χ4v) is 10.2. The predicted molar refractivity (Wildman–Crippen MR) is 255 cm³/mol. The van der Waals surface area contributed by atoms with E-state index in [1.807, 2.05) is 0 Å². The summed E-state index contributed by atoms with van der Waals surface area (Å²) in [6.07, 6.45) is -16.3.